The Morgan fingerprint density at radius 2 is 1.67 bits per heavy atom. The zero-order valence-electron chi connectivity index (χ0n) is 15.4. The van der Waals surface area contributed by atoms with Gasteiger partial charge in [-0.1, -0.05) is 24.3 Å². The van der Waals surface area contributed by atoms with Gasteiger partial charge in [-0.3, -0.25) is 14.9 Å². The lowest BCUT2D eigenvalue weighted by atomic mass is 10.2. The van der Waals surface area contributed by atoms with E-state index in [1.54, 1.807) is 63.2 Å². The second kappa shape index (κ2) is 8.84. The SMILES string of the molecule is CC(C)(C)OC(=O)CNC(=O)c1cccc(NC(=O)Oc2ccccc2)c1. The first-order valence-electron chi connectivity index (χ1n) is 8.37. The first-order valence-corrected chi connectivity index (χ1v) is 8.37. The number of rotatable bonds is 5. The quantitative estimate of drug-likeness (QED) is 0.787. The number of anilines is 1. The molecule has 2 aromatic rings. The summed E-state index contributed by atoms with van der Waals surface area (Å²) in [6.45, 7) is 4.99. The van der Waals surface area contributed by atoms with Crippen LogP contribution in [-0.2, 0) is 9.53 Å². The van der Waals surface area contributed by atoms with Gasteiger partial charge in [-0.15, -0.1) is 0 Å². The van der Waals surface area contributed by atoms with Crippen LogP contribution in [0.4, 0.5) is 10.5 Å². The molecular weight excluding hydrogens is 348 g/mol. The maximum atomic E-state index is 12.2. The number of benzene rings is 2. The van der Waals surface area contributed by atoms with Crippen LogP contribution in [0.2, 0.25) is 0 Å². The molecule has 7 nitrogen and oxygen atoms in total. The van der Waals surface area contributed by atoms with E-state index in [2.05, 4.69) is 10.6 Å². The van der Waals surface area contributed by atoms with Gasteiger partial charge >= 0.3 is 12.1 Å². The van der Waals surface area contributed by atoms with Crippen LogP contribution in [0.5, 0.6) is 5.75 Å². The lowest BCUT2D eigenvalue weighted by Crippen LogP contribution is -2.34. The van der Waals surface area contributed by atoms with E-state index in [1.165, 1.54) is 6.07 Å². The van der Waals surface area contributed by atoms with Crippen LogP contribution >= 0.6 is 0 Å². The van der Waals surface area contributed by atoms with Crippen molar-refractivity contribution in [3.8, 4) is 5.75 Å². The van der Waals surface area contributed by atoms with Crippen molar-refractivity contribution < 1.29 is 23.9 Å². The summed E-state index contributed by atoms with van der Waals surface area (Å²) in [7, 11) is 0. The molecular formula is C20H22N2O5. The standard InChI is InChI=1S/C20H22N2O5/c1-20(2,3)27-17(23)13-21-18(24)14-8-7-9-15(12-14)22-19(25)26-16-10-5-4-6-11-16/h4-12H,13H2,1-3H3,(H,21,24)(H,22,25). The second-order valence-corrected chi connectivity index (χ2v) is 6.68. The summed E-state index contributed by atoms with van der Waals surface area (Å²) in [5.74, 6) is -0.584. The molecule has 0 saturated heterocycles. The van der Waals surface area contributed by atoms with Crippen LogP contribution in [0.3, 0.4) is 0 Å². The molecule has 7 heteroatoms. The van der Waals surface area contributed by atoms with E-state index in [0.29, 0.717) is 11.4 Å². The van der Waals surface area contributed by atoms with Gasteiger partial charge in [0.2, 0.25) is 0 Å². The summed E-state index contributed by atoms with van der Waals surface area (Å²) >= 11 is 0. The minimum atomic E-state index is -0.674. The number of carbonyl (C=O) groups excluding carboxylic acids is 3. The topological polar surface area (TPSA) is 93.7 Å². The summed E-state index contributed by atoms with van der Waals surface area (Å²) in [5, 5.41) is 5.03. The Hall–Kier alpha value is -3.35. The third-order valence-corrected chi connectivity index (χ3v) is 3.14. The molecule has 2 aromatic carbocycles. The smallest absolute Gasteiger partial charge is 0.417 e. The third-order valence-electron chi connectivity index (χ3n) is 3.14. The Morgan fingerprint density at radius 3 is 2.33 bits per heavy atom. The van der Waals surface area contributed by atoms with Gasteiger partial charge < -0.3 is 14.8 Å². The summed E-state index contributed by atoms with van der Waals surface area (Å²) in [6.07, 6.45) is -0.674. The largest absolute Gasteiger partial charge is 0.459 e. The van der Waals surface area contributed by atoms with E-state index in [9.17, 15) is 14.4 Å². The highest BCUT2D eigenvalue weighted by molar-refractivity contribution is 5.97. The fraction of sp³-hybridized carbons (Fsp3) is 0.250. The van der Waals surface area contributed by atoms with Crippen molar-refractivity contribution in [2.75, 3.05) is 11.9 Å². The summed E-state index contributed by atoms with van der Waals surface area (Å²) in [5.41, 5.74) is 0.0574. The van der Waals surface area contributed by atoms with Crippen molar-refractivity contribution >= 4 is 23.7 Å². The normalized spacial score (nSPS) is 10.6. The van der Waals surface area contributed by atoms with Crippen molar-refractivity contribution in [1.82, 2.24) is 5.32 Å². The molecule has 0 aliphatic carbocycles. The van der Waals surface area contributed by atoms with Crippen molar-refractivity contribution in [2.24, 2.45) is 0 Å². The van der Waals surface area contributed by atoms with Crippen LogP contribution in [0.25, 0.3) is 0 Å². The predicted octanol–water partition coefficient (Wildman–Crippen LogP) is 3.37. The van der Waals surface area contributed by atoms with E-state index < -0.39 is 23.6 Å². The number of amides is 2. The molecule has 142 valence electrons. The van der Waals surface area contributed by atoms with Gasteiger partial charge in [0.25, 0.3) is 5.91 Å². The number of esters is 1. The van der Waals surface area contributed by atoms with Crippen molar-refractivity contribution in [2.45, 2.75) is 26.4 Å². The predicted molar refractivity (Wildman–Crippen MR) is 101 cm³/mol. The summed E-state index contributed by atoms with van der Waals surface area (Å²) in [6, 6.07) is 14.9. The first kappa shape index (κ1) is 20.0. The lowest BCUT2D eigenvalue weighted by Gasteiger charge is -2.19. The van der Waals surface area contributed by atoms with Gasteiger partial charge in [0.1, 0.15) is 17.9 Å². The minimum Gasteiger partial charge on any atom is -0.459 e. The molecule has 0 radical (unpaired) electrons. The fourth-order valence-corrected chi connectivity index (χ4v) is 2.11. The monoisotopic (exact) mass is 370 g/mol. The number of hydrogen-bond donors (Lipinski definition) is 2. The van der Waals surface area contributed by atoms with Gasteiger partial charge in [-0.25, -0.2) is 4.79 Å². The van der Waals surface area contributed by atoms with Gasteiger partial charge in [0, 0.05) is 11.3 Å². The minimum absolute atomic E-state index is 0.246. The van der Waals surface area contributed by atoms with E-state index >= 15 is 0 Å². The molecule has 2 amide bonds. The number of nitrogens with one attached hydrogen (secondary N) is 2. The van der Waals surface area contributed by atoms with Gasteiger partial charge in [0.15, 0.2) is 0 Å². The van der Waals surface area contributed by atoms with E-state index in [4.69, 9.17) is 9.47 Å². The van der Waals surface area contributed by atoms with E-state index in [0.717, 1.165) is 0 Å². The summed E-state index contributed by atoms with van der Waals surface area (Å²) in [4.78, 5) is 35.8. The lowest BCUT2D eigenvalue weighted by molar-refractivity contribution is -0.153. The molecule has 0 aromatic heterocycles. The zero-order valence-corrected chi connectivity index (χ0v) is 15.4. The molecule has 2 N–H and O–H groups in total. The molecule has 0 atom stereocenters. The molecule has 27 heavy (non-hydrogen) atoms. The van der Waals surface area contributed by atoms with Crippen molar-refractivity contribution in [3.05, 3.63) is 60.2 Å². The Labute approximate surface area is 157 Å². The molecule has 0 fully saturated rings. The molecule has 0 spiro atoms. The van der Waals surface area contributed by atoms with Crippen LogP contribution in [0.1, 0.15) is 31.1 Å². The zero-order chi connectivity index (χ0) is 19.9. The Bertz CT molecular complexity index is 813. The van der Waals surface area contributed by atoms with Gasteiger partial charge in [-0.05, 0) is 51.1 Å². The van der Waals surface area contributed by atoms with Crippen LogP contribution < -0.4 is 15.4 Å². The van der Waals surface area contributed by atoms with E-state index in [1.807, 2.05) is 6.07 Å². The van der Waals surface area contributed by atoms with Crippen molar-refractivity contribution in [1.29, 1.82) is 0 Å². The van der Waals surface area contributed by atoms with Crippen LogP contribution in [-0.4, -0.2) is 30.1 Å². The van der Waals surface area contributed by atoms with Gasteiger partial charge in [-0.2, -0.15) is 0 Å². The Morgan fingerprint density at radius 1 is 0.963 bits per heavy atom. The molecule has 0 aliphatic rings. The first-order chi connectivity index (χ1) is 12.7. The van der Waals surface area contributed by atoms with Gasteiger partial charge in [0.05, 0.1) is 0 Å². The summed E-state index contributed by atoms with van der Waals surface area (Å²) < 4.78 is 10.3. The second-order valence-electron chi connectivity index (χ2n) is 6.68. The number of hydrogen-bond acceptors (Lipinski definition) is 5. The highest BCUT2D eigenvalue weighted by Crippen LogP contribution is 2.13. The molecule has 0 aliphatic heterocycles. The van der Waals surface area contributed by atoms with E-state index in [-0.39, 0.29) is 12.1 Å². The maximum Gasteiger partial charge on any atom is 0.417 e. The molecule has 0 unspecified atom stereocenters. The molecule has 2 rings (SSSR count). The fourth-order valence-electron chi connectivity index (χ4n) is 2.11. The molecule has 0 bridgehead atoms. The number of ether oxygens (including phenoxy) is 2. The maximum absolute atomic E-state index is 12.2. The number of para-hydroxylation sites is 1. The average Bonchev–Trinajstić information content (AvgIpc) is 2.59. The Balaban J connectivity index is 1.91. The third kappa shape index (κ3) is 7.19. The number of carbonyl (C=O) groups is 3. The highest BCUT2D eigenvalue weighted by Gasteiger charge is 2.17. The molecule has 0 saturated carbocycles. The Kier molecular flexibility index (Phi) is 6.54. The van der Waals surface area contributed by atoms with Crippen LogP contribution in [0, 0.1) is 0 Å². The highest BCUT2D eigenvalue weighted by atomic mass is 16.6. The van der Waals surface area contributed by atoms with Crippen LogP contribution in [0.15, 0.2) is 54.6 Å². The average molecular weight is 370 g/mol. The van der Waals surface area contributed by atoms with Crippen molar-refractivity contribution in [3.63, 3.8) is 0 Å². The molecule has 0 heterocycles.